The van der Waals surface area contributed by atoms with Crippen LogP contribution in [0, 0.1) is 0 Å². The van der Waals surface area contributed by atoms with Gasteiger partial charge in [-0.1, -0.05) is 12.1 Å². The van der Waals surface area contributed by atoms with Crippen molar-refractivity contribution in [3.63, 3.8) is 0 Å². The molecule has 0 fully saturated rings. The molecular weight excluding hydrogens is 362 g/mol. The number of anilines is 2. The van der Waals surface area contributed by atoms with Crippen molar-refractivity contribution in [1.82, 2.24) is 4.90 Å². The Morgan fingerprint density at radius 1 is 1.17 bits per heavy atom. The number of fused-ring (bicyclic) bond motifs is 1. The summed E-state index contributed by atoms with van der Waals surface area (Å²) < 4.78 is 0.651. The highest BCUT2D eigenvalue weighted by atomic mass is 79.9. The highest BCUT2D eigenvalue weighted by molar-refractivity contribution is 9.10. The van der Waals surface area contributed by atoms with Gasteiger partial charge in [0.15, 0.2) is 0 Å². The molecule has 116 valence electrons. The zero-order valence-corrected chi connectivity index (χ0v) is 13.7. The van der Waals surface area contributed by atoms with Gasteiger partial charge in [0.2, 0.25) is 0 Å². The third-order valence-electron chi connectivity index (χ3n) is 3.60. The topological polar surface area (TPSA) is 92.5 Å². The number of carbonyl (C=O) groups excluding carboxylic acids is 3. The van der Waals surface area contributed by atoms with Crippen LogP contribution in [0.3, 0.4) is 0 Å². The molecule has 0 radical (unpaired) electrons. The molecule has 2 aromatic rings. The number of nitrogen functional groups attached to an aromatic ring is 1. The van der Waals surface area contributed by atoms with Gasteiger partial charge in [0, 0.05) is 22.9 Å². The summed E-state index contributed by atoms with van der Waals surface area (Å²) in [5.41, 5.74) is 7.21. The van der Waals surface area contributed by atoms with Crippen LogP contribution in [0.5, 0.6) is 0 Å². The minimum Gasteiger partial charge on any atom is -0.398 e. The Bertz CT molecular complexity index is 864. The molecule has 0 saturated carbocycles. The monoisotopic (exact) mass is 373 g/mol. The third kappa shape index (κ3) is 2.49. The second-order valence-corrected chi connectivity index (χ2v) is 5.95. The van der Waals surface area contributed by atoms with Crippen LogP contribution in [0.4, 0.5) is 11.4 Å². The number of nitrogens with two attached hydrogens (primary N) is 1. The van der Waals surface area contributed by atoms with Gasteiger partial charge < -0.3 is 11.1 Å². The molecule has 0 aliphatic carbocycles. The quantitative estimate of drug-likeness (QED) is 0.624. The maximum atomic E-state index is 12.3. The summed E-state index contributed by atoms with van der Waals surface area (Å²) in [7, 11) is 1.39. The number of carbonyl (C=O) groups is 3. The fraction of sp³-hybridized carbons (Fsp3) is 0.0625. The average Bonchev–Trinajstić information content (AvgIpc) is 2.72. The normalized spacial score (nSPS) is 13.2. The molecule has 1 aliphatic rings. The van der Waals surface area contributed by atoms with Gasteiger partial charge in [-0.05, 0) is 40.2 Å². The first-order valence-corrected chi connectivity index (χ1v) is 7.51. The van der Waals surface area contributed by atoms with Crippen molar-refractivity contribution in [1.29, 1.82) is 0 Å². The lowest BCUT2D eigenvalue weighted by atomic mass is 10.1. The van der Waals surface area contributed by atoms with Gasteiger partial charge in [0.1, 0.15) is 0 Å². The van der Waals surface area contributed by atoms with Crippen molar-refractivity contribution < 1.29 is 14.4 Å². The summed E-state index contributed by atoms with van der Waals surface area (Å²) in [4.78, 5) is 37.3. The molecule has 3 rings (SSSR count). The van der Waals surface area contributed by atoms with Crippen LogP contribution in [0.25, 0.3) is 0 Å². The molecule has 0 saturated heterocycles. The highest BCUT2D eigenvalue weighted by Crippen LogP contribution is 2.30. The minimum atomic E-state index is -0.439. The van der Waals surface area contributed by atoms with Crippen molar-refractivity contribution in [2.24, 2.45) is 0 Å². The van der Waals surface area contributed by atoms with Crippen LogP contribution in [0.1, 0.15) is 31.1 Å². The Hall–Kier alpha value is -2.67. The van der Waals surface area contributed by atoms with Gasteiger partial charge in [0.05, 0.1) is 16.7 Å². The number of imide groups is 1. The summed E-state index contributed by atoms with van der Waals surface area (Å²) >= 11 is 3.31. The maximum absolute atomic E-state index is 12.3. The van der Waals surface area contributed by atoms with E-state index in [1.165, 1.54) is 19.2 Å². The lowest BCUT2D eigenvalue weighted by molar-refractivity contribution is 0.0693. The lowest BCUT2D eigenvalue weighted by Gasteiger charge is -2.09. The fourth-order valence-electron chi connectivity index (χ4n) is 2.43. The number of rotatable bonds is 2. The standard InChI is InChI=1S/C16H12BrN3O3/c1-20-15(22)10-6-8(7-12(18)13(10)16(20)23)19-14(21)9-4-2-3-5-11(9)17/h2-7H,18H2,1H3,(H,19,21). The van der Waals surface area contributed by atoms with Gasteiger partial charge in [-0.3, -0.25) is 19.3 Å². The Morgan fingerprint density at radius 2 is 1.87 bits per heavy atom. The number of nitrogens with zero attached hydrogens (tertiary/aromatic N) is 1. The molecule has 7 heteroatoms. The molecule has 0 aromatic heterocycles. The van der Waals surface area contributed by atoms with Gasteiger partial charge >= 0.3 is 0 Å². The first kappa shape index (κ1) is 15.2. The minimum absolute atomic E-state index is 0.160. The van der Waals surface area contributed by atoms with Crippen molar-refractivity contribution in [3.05, 3.63) is 57.6 Å². The van der Waals surface area contributed by atoms with Crippen molar-refractivity contribution in [2.45, 2.75) is 0 Å². The highest BCUT2D eigenvalue weighted by Gasteiger charge is 2.35. The third-order valence-corrected chi connectivity index (χ3v) is 4.29. The summed E-state index contributed by atoms with van der Waals surface area (Å²) in [5, 5.41) is 2.69. The van der Waals surface area contributed by atoms with E-state index in [0.717, 1.165) is 4.90 Å². The molecule has 3 N–H and O–H groups in total. The second-order valence-electron chi connectivity index (χ2n) is 5.09. The van der Waals surface area contributed by atoms with E-state index in [1.54, 1.807) is 24.3 Å². The Labute approximate surface area is 140 Å². The average molecular weight is 374 g/mol. The van der Waals surface area contributed by atoms with Crippen LogP contribution < -0.4 is 11.1 Å². The van der Waals surface area contributed by atoms with Crippen LogP contribution in [0.15, 0.2) is 40.9 Å². The lowest BCUT2D eigenvalue weighted by Crippen LogP contribution is -2.24. The van der Waals surface area contributed by atoms with Gasteiger partial charge in [-0.25, -0.2) is 0 Å². The van der Waals surface area contributed by atoms with Crippen LogP contribution in [-0.2, 0) is 0 Å². The zero-order chi connectivity index (χ0) is 16.7. The Balaban J connectivity index is 1.96. The van der Waals surface area contributed by atoms with Crippen molar-refractivity contribution in [2.75, 3.05) is 18.1 Å². The molecule has 2 aromatic carbocycles. The van der Waals surface area contributed by atoms with Gasteiger partial charge in [0.25, 0.3) is 17.7 Å². The van der Waals surface area contributed by atoms with E-state index in [4.69, 9.17) is 5.73 Å². The number of amides is 3. The Kier molecular flexibility index (Phi) is 3.65. The molecule has 1 heterocycles. The predicted molar refractivity (Wildman–Crippen MR) is 89.4 cm³/mol. The summed E-state index contributed by atoms with van der Waals surface area (Å²) in [6.07, 6.45) is 0. The van der Waals surface area contributed by atoms with E-state index in [9.17, 15) is 14.4 Å². The number of nitrogens with one attached hydrogen (secondary N) is 1. The summed E-state index contributed by atoms with van der Waals surface area (Å²) in [6.45, 7) is 0. The second kappa shape index (κ2) is 5.51. The summed E-state index contributed by atoms with van der Waals surface area (Å²) in [6, 6.07) is 9.89. The van der Waals surface area contributed by atoms with E-state index in [1.807, 2.05) is 0 Å². The SMILES string of the molecule is CN1C(=O)c2cc(NC(=O)c3ccccc3Br)cc(N)c2C1=O. The first-order chi connectivity index (χ1) is 10.9. The molecule has 1 aliphatic heterocycles. The van der Waals surface area contributed by atoms with Gasteiger partial charge in [-0.2, -0.15) is 0 Å². The Morgan fingerprint density at radius 3 is 2.57 bits per heavy atom. The number of benzene rings is 2. The van der Waals surface area contributed by atoms with E-state index >= 15 is 0 Å². The van der Waals surface area contributed by atoms with Crippen LogP contribution in [0.2, 0.25) is 0 Å². The number of hydrogen-bond donors (Lipinski definition) is 2. The fourth-order valence-corrected chi connectivity index (χ4v) is 2.89. The van der Waals surface area contributed by atoms with E-state index < -0.39 is 11.8 Å². The van der Waals surface area contributed by atoms with Crippen LogP contribution in [-0.4, -0.2) is 29.7 Å². The largest absolute Gasteiger partial charge is 0.398 e. The molecule has 23 heavy (non-hydrogen) atoms. The zero-order valence-electron chi connectivity index (χ0n) is 12.1. The predicted octanol–water partition coefficient (Wildman–Crippen LogP) is 2.51. The van der Waals surface area contributed by atoms with Crippen molar-refractivity contribution >= 4 is 45.0 Å². The molecule has 0 bridgehead atoms. The molecular formula is C16H12BrN3O3. The van der Waals surface area contributed by atoms with E-state index in [0.29, 0.717) is 15.7 Å². The molecule has 6 nitrogen and oxygen atoms in total. The van der Waals surface area contributed by atoms with Crippen LogP contribution >= 0.6 is 15.9 Å². The summed E-state index contributed by atoms with van der Waals surface area (Å²) in [5.74, 6) is -1.22. The molecule has 0 spiro atoms. The number of hydrogen-bond acceptors (Lipinski definition) is 4. The first-order valence-electron chi connectivity index (χ1n) is 6.72. The van der Waals surface area contributed by atoms with E-state index in [-0.39, 0.29) is 22.7 Å². The van der Waals surface area contributed by atoms with E-state index in [2.05, 4.69) is 21.2 Å². The van der Waals surface area contributed by atoms with Gasteiger partial charge in [-0.15, -0.1) is 0 Å². The smallest absolute Gasteiger partial charge is 0.263 e. The maximum Gasteiger partial charge on any atom is 0.263 e. The molecule has 3 amide bonds. The molecule has 0 atom stereocenters. The van der Waals surface area contributed by atoms with Crippen molar-refractivity contribution in [3.8, 4) is 0 Å². The number of halogens is 1. The molecule has 0 unspecified atom stereocenters.